The van der Waals surface area contributed by atoms with E-state index in [4.69, 9.17) is 7.85 Å². The Hall–Kier alpha value is -1.50. The van der Waals surface area contributed by atoms with Crippen LogP contribution >= 0.6 is 11.8 Å². The molecule has 1 rings (SSSR count). The van der Waals surface area contributed by atoms with E-state index in [2.05, 4.69) is 15.6 Å². The van der Waals surface area contributed by atoms with E-state index in [-0.39, 0.29) is 5.91 Å². The molecule has 0 saturated heterocycles. The van der Waals surface area contributed by atoms with Crippen LogP contribution in [-0.4, -0.2) is 42.6 Å². The summed E-state index contributed by atoms with van der Waals surface area (Å²) in [5, 5.41) is 5.16. The van der Waals surface area contributed by atoms with Crippen LogP contribution in [0.5, 0.6) is 0 Å². The fraction of sp³-hybridized carbons (Fsp3) is 0.462. The van der Waals surface area contributed by atoms with E-state index in [1.807, 2.05) is 26.2 Å². The number of aryl methyl sites for hydroxylation is 2. The summed E-state index contributed by atoms with van der Waals surface area (Å²) in [7, 11) is 5.09. The Morgan fingerprint density at radius 1 is 1.40 bits per heavy atom. The fourth-order valence-corrected chi connectivity index (χ4v) is 2.27. The number of rotatable bonds is 6. The van der Waals surface area contributed by atoms with Crippen LogP contribution in [0, 0.1) is 13.8 Å². The molecule has 0 spiro atoms. The Labute approximate surface area is 124 Å². The van der Waals surface area contributed by atoms with E-state index in [0.717, 1.165) is 17.0 Å². The van der Waals surface area contributed by atoms with Gasteiger partial charge < -0.3 is 10.6 Å². The number of amides is 2. The van der Waals surface area contributed by atoms with Crippen LogP contribution in [0.2, 0.25) is 0 Å². The number of hydrogen-bond donors (Lipinski definition) is 2. The zero-order valence-corrected chi connectivity index (χ0v) is 12.7. The fourth-order valence-electron chi connectivity index (χ4n) is 1.79. The molecule has 1 aromatic rings. The number of nitrogens with zero attached hydrogens (tertiary/aromatic N) is 1. The first-order valence-corrected chi connectivity index (χ1v) is 7.63. The maximum absolute atomic E-state index is 12.1. The lowest BCUT2D eigenvalue weighted by atomic mass is 10.1. The number of pyridine rings is 1. The molecule has 1 atom stereocenters. The van der Waals surface area contributed by atoms with Crippen molar-refractivity contribution in [1.29, 1.82) is 0 Å². The van der Waals surface area contributed by atoms with E-state index >= 15 is 0 Å². The van der Waals surface area contributed by atoms with Gasteiger partial charge in [-0.15, -0.1) is 0 Å². The molecule has 5 nitrogen and oxygen atoms in total. The van der Waals surface area contributed by atoms with Crippen molar-refractivity contribution >= 4 is 37.1 Å². The third-order valence-corrected chi connectivity index (χ3v) is 3.24. The predicted octanol–water partition coefficient (Wildman–Crippen LogP) is 1.64. The molecule has 0 aliphatic carbocycles. The topological polar surface area (TPSA) is 71.1 Å². The van der Waals surface area contributed by atoms with E-state index in [9.17, 15) is 9.59 Å². The quantitative estimate of drug-likeness (QED) is 0.782. The molecule has 1 unspecified atom stereocenters. The molecular formula is C13H18BN3O2S. The highest BCUT2D eigenvalue weighted by atomic mass is 32.2. The largest absolute Gasteiger partial charge is 0.354 e. The van der Waals surface area contributed by atoms with Gasteiger partial charge in [0.05, 0.1) is 0 Å². The first-order chi connectivity index (χ1) is 9.42. The zero-order chi connectivity index (χ0) is 15.1. The molecule has 106 valence electrons. The lowest BCUT2D eigenvalue weighted by Gasteiger charge is -2.17. The molecule has 1 aromatic heterocycles. The number of hydrogen-bond acceptors (Lipinski definition) is 4. The minimum atomic E-state index is -0.709. The van der Waals surface area contributed by atoms with Crippen molar-refractivity contribution in [3.05, 3.63) is 23.4 Å². The Morgan fingerprint density at radius 3 is 2.65 bits per heavy atom. The second-order valence-corrected chi connectivity index (χ2v) is 5.49. The number of carbonyl (C=O) groups is 2. The van der Waals surface area contributed by atoms with Gasteiger partial charge in [0.1, 0.15) is 11.9 Å². The van der Waals surface area contributed by atoms with Crippen molar-refractivity contribution in [2.75, 3.05) is 17.3 Å². The molecule has 20 heavy (non-hydrogen) atoms. The van der Waals surface area contributed by atoms with Crippen LogP contribution in [0.15, 0.2) is 12.1 Å². The van der Waals surface area contributed by atoms with Gasteiger partial charge >= 0.3 is 0 Å². The second-order valence-electron chi connectivity index (χ2n) is 4.50. The highest BCUT2D eigenvalue weighted by molar-refractivity contribution is 7.98. The first kappa shape index (κ1) is 16.6. The van der Waals surface area contributed by atoms with E-state index in [0.29, 0.717) is 12.2 Å². The number of thioether (sulfide) groups is 1. The van der Waals surface area contributed by atoms with Crippen molar-refractivity contribution in [1.82, 2.24) is 10.3 Å². The van der Waals surface area contributed by atoms with Crippen LogP contribution in [0.4, 0.5) is 10.6 Å². The summed E-state index contributed by atoms with van der Waals surface area (Å²) in [5.74, 6) is 0.210. The van der Waals surface area contributed by atoms with Crippen LogP contribution in [0.1, 0.15) is 17.7 Å². The summed E-state index contributed by atoms with van der Waals surface area (Å²) in [4.78, 5) is 27.3. The highest BCUT2D eigenvalue weighted by Crippen LogP contribution is 2.10. The minimum absolute atomic E-state index is 0.310. The third-order valence-electron chi connectivity index (χ3n) is 2.59. The Balaban J connectivity index is 2.75. The molecule has 0 fully saturated rings. The Bertz CT molecular complexity index is 476. The SMILES string of the molecule is [B]C(=O)NC(CCSC)C(=O)Nc1cc(C)cc(C)n1. The van der Waals surface area contributed by atoms with E-state index in [1.54, 1.807) is 17.8 Å². The Morgan fingerprint density at radius 2 is 2.10 bits per heavy atom. The lowest BCUT2D eigenvalue weighted by molar-refractivity contribution is -0.117. The number of nitrogens with one attached hydrogen (secondary N) is 2. The predicted molar refractivity (Wildman–Crippen MR) is 83.4 cm³/mol. The van der Waals surface area contributed by atoms with Crippen molar-refractivity contribution in [3.8, 4) is 0 Å². The van der Waals surface area contributed by atoms with Crippen LogP contribution in [0.3, 0.4) is 0 Å². The molecule has 0 aromatic carbocycles. The van der Waals surface area contributed by atoms with Crippen molar-refractivity contribution < 1.29 is 9.59 Å². The van der Waals surface area contributed by atoms with Gasteiger partial charge in [-0.25, -0.2) is 4.98 Å². The summed E-state index contributed by atoms with van der Waals surface area (Å²) in [6.45, 7) is 3.78. The number of carbonyl (C=O) groups excluding carboxylic acids is 2. The monoisotopic (exact) mass is 291 g/mol. The minimum Gasteiger partial charge on any atom is -0.354 e. The molecule has 0 aliphatic rings. The lowest BCUT2D eigenvalue weighted by Crippen LogP contribution is -2.43. The van der Waals surface area contributed by atoms with Crippen LogP contribution in [-0.2, 0) is 4.79 Å². The number of aromatic nitrogens is 1. The maximum Gasteiger partial charge on any atom is 0.248 e. The molecule has 0 aliphatic heterocycles. The van der Waals surface area contributed by atoms with Gasteiger partial charge in [0.15, 0.2) is 5.81 Å². The summed E-state index contributed by atoms with van der Waals surface area (Å²) >= 11 is 1.60. The van der Waals surface area contributed by atoms with Crippen LogP contribution in [0.25, 0.3) is 0 Å². The van der Waals surface area contributed by atoms with Gasteiger partial charge in [-0.05, 0) is 50.0 Å². The molecular weight excluding hydrogens is 273 g/mol. The molecule has 0 saturated carbocycles. The zero-order valence-electron chi connectivity index (χ0n) is 11.9. The van der Waals surface area contributed by atoms with Gasteiger partial charge in [-0.2, -0.15) is 11.8 Å². The van der Waals surface area contributed by atoms with Gasteiger partial charge in [-0.3, -0.25) is 9.59 Å². The highest BCUT2D eigenvalue weighted by Gasteiger charge is 2.19. The molecule has 2 N–H and O–H groups in total. The average Bonchev–Trinajstić information content (AvgIpc) is 2.32. The molecule has 2 radical (unpaired) electrons. The maximum atomic E-state index is 12.1. The average molecular weight is 291 g/mol. The van der Waals surface area contributed by atoms with E-state index in [1.165, 1.54) is 0 Å². The van der Waals surface area contributed by atoms with Gasteiger partial charge in [0, 0.05) is 5.69 Å². The van der Waals surface area contributed by atoms with Crippen molar-refractivity contribution in [2.45, 2.75) is 26.3 Å². The molecule has 1 heterocycles. The summed E-state index contributed by atoms with van der Waals surface area (Å²) in [6, 6.07) is 3.05. The summed E-state index contributed by atoms with van der Waals surface area (Å²) < 4.78 is 0. The standard InChI is InChI=1S/C13H18BN3O2S/c1-8-6-9(2)15-11(7-8)17-12(18)10(4-5-20-3)16-13(14)19/h6-7,10H,4-5H2,1-3H3,(H,16,19)(H,15,17,18). The van der Waals surface area contributed by atoms with Crippen molar-refractivity contribution in [3.63, 3.8) is 0 Å². The molecule has 7 heteroatoms. The first-order valence-electron chi connectivity index (χ1n) is 6.23. The molecule has 2 amide bonds. The van der Waals surface area contributed by atoms with Crippen molar-refractivity contribution in [2.24, 2.45) is 0 Å². The summed E-state index contributed by atoms with van der Waals surface area (Å²) in [5.41, 5.74) is 1.83. The van der Waals surface area contributed by atoms with Crippen LogP contribution < -0.4 is 10.6 Å². The smallest absolute Gasteiger partial charge is 0.248 e. The second kappa shape index (κ2) is 7.94. The number of anilines is 1. The van der Waals surface area contributed by atoms with Gasteiger partial charge in [0.25, 0.3) is 0 Å². The van der Waals surface area contributed by atoms with Gasteiger partial charge in [-0.1, -0.05) is 0 Å². The van der Waals surface area contributed by atoms with Gasteiger partial charge in [0.2, 0.25) is 13.8 Å². The van der Waals surface area contributed by atoms with E-state index < -0.39 is 11.8 Å². The Kier molecular flexibility index (Phi) is 6.57. The normalized spacial score (nSPS) is 11.8. The molecule has 0 bridgehead atoms. The third kappa shape index (κ3) is 5.65. The summed E-state index contributed by atoms with van der Waals surface area (Å²) in [6.07, 6.45) is 2.45.